The lowest BCUT2D eigenvalue weighted by Gasteiger charge is -1.99. The fraction of sp³-hybridized carbons (Fsp3) is 0. The number of nitrogen functional groups attached to an aromatic ring is 1. The van der Waals surface area contributed by atoms with Crippen molar-refractivity contribution in [1.29, 1.82) is 0 Å². The van der Waals surface area contributed by atoms with E-state index in [4.69, 9.17) is 5.73 Å². The Kier molecular flexibility index (Phi) is 2.34. The van der Waals surface area contributed by atoms with Gasteiger partial charge in [-0.25, -0.2) is 0 Å². The van der Waals surface area contributed by atoms with Crippen molar-refractivity contribution in [3.8, 4) is 0 Å². The van der Waals surface area contributed by atoms with Gasteiger partial charge in [-0.1, -0.05) is 18.2 Å². The molecule has 0 spiro atoms. The Bertz CT molecular complexity index is 713. The number of carbonyl (C=O) groups excluding carboxylic acids is 1. The molecule has 0 atom stereocenters. The predicted octanol–water partition coefficient (Wildman–Crippen LogP) is 2.38. The molecule has 4 nitrogen and oxygen atoms in total. The van der Waals surface area contributed by atoms with Crippen LogP contribution in [-0.4, -0.2) is 15.8 Å². The van der Waals surface area contributed by atoms with Crippen LogP contribution in [0, 0.1) is 0 Å². The van der Waals surface area contributed by atoms with E-state index in [1.165, 1.54) is 6.20 Å². The Morgan fingerprint density at radius 1 is 1.17 bits per heavy atom. The zero-order valence-electron chi connectivity index (χ0n) is 9.55. The number of anilines is 1. The number of nitrogens with zero attached hydrogens (tertiary/aromatic N) is 1. The van der Waals surface area contributed by atoms with Crippen LogP contribution >= 0.6 is 0 Å². The second-order valence-corrected chi connectivity index (χ2v) is 4.05. The molecule has 0 saturated carbocycles. The molecule has 1 aromatic carbocycles. The van der Waals surface area contributed by atoms with Gasteiger partial charge in [-0.2, -0.15) is 0 Å². The van der Waals surface area contributed by atoms with E-state index in [0.29, 0.717) is 16.9 Å². The molecule has 0 fully saturated rings. The number of para-hydroxylation sites is 1. The maximum absolute atomic E-state index is 12.3. The van der Waals surface area contributed by atoms with E-state index in [0.717, 1.165) is 10.9 Å². The molecule has 0 aliphatic heterocycles. The summed E-state index contributed by atoms with van der Waals surface area (Å²) in [5.41, 5.74) is 8.07. The molecule has 0 amide bonds. The molecule has 18 heavy (non-hydrogen) atoms. The highest BCUT2D eigenvalue weighted by molar-refractivity contribution is 6.15. The van der Waals surface area contributed by atoms with E-state index < -0.39 is 0 Å². The molecule has 0 aliphatic rings. The lowest BCUT2D eigenvalue weighted by molar-refractivity contribution is 0.103. The number of hydrogen-bond donors (Lipinski definition) is 2. The quantitative estimate of drug-likeness (QED) is 0.672. The number of aromatic nitrogens is 2. The van der Waals surface area contributed by atoms with Crippen LogP contribution in [0.15, 0.2) is 48.8 Å². The number of carbonyl (C=O) groups is 1. The molecule has 0 radical (unpaired) electrons. The first-order chi connectivity index (χ1) is 8.75. The Hall–Kier alpha value is -2.62. The van der Waals surface area contributed by atoms with Crippen molar-refractivity contribution in [2.45, 2.75) is 0 Å². The largest absolute Gasteiger partial charge is 0.397 e. The average molecular weight is 237 g/mol. The number of hydrogen-bond acceptors (Lipinski definition) is 3. The molecule has 4 heteroatoms. The highest BCUT2D eigenvalue weighted by Crippen LogP contribution is 2.20. The summed E-state index contributed by atoms with van der Waals surface area (Å²) in [7, 11) is 0. The fourth-order valence-corrected chi connectivity index (χ4v) is 1.94. The summed E-state index contributed by atoms with van der Waals surface area (Å²) in [6, 6.07) is 11.0. The van der Waals surface area contributed by atoms with Crippen molar-refractivity contribution >= 4 is 22.4 Å². The summed E-state index contributed by atoms with van der Waals surface area (Å²) in [6.45, 7) is 0. The van der Waals surface area contributed by atoms with Gasteiger partial charge < -0.3 is 10.7 Å². The van der Waals surface area contributed by atoms with Crippen molar-refractivity contribution in [1.82, 2.24) is 9.97 Å². The first-order valence-electron chi connectivity index (χ1n) is 5.58. The minimum atomic E-state index is -0.104. The fourth-order valence-electron chi connectivity index (χ4n) is 1.94. The smallest absolute Gasteiger partial charge is 0.213 e. The molecule has 3 rings (SSSR count). The summed E-state index contributed by atoms with van der Waals surface area (Å²) in [5, 5.41) is 0.904. The predicted molar refractivity (Wildman–Crippen MR) is 70.4 cm³/mol. The van der Waals surface area contributed by atoms with E-state index in [9.17, 15) is 4.79 Å². The van der Waals surface area contributed by atoms with E-state index in [1.54, 1.807) is 18.3 Å². The first kappa shape index (κ1) is 10.5. The average Bonchev–Trinajstić information content (AvgIpc) is 2.82. The lowest BCUT2D eigenvalue weighted by atomic mass is 10.1. The van der Waals surface area contributed by atoms with Gasteiger partial charge in [-0.15, -0.1) is 0 Å². The second-order valence-electron chi connectivity index (χ2n) is 4.05. The van der Waals surface area contributed by atoms with Crippen LogP contribution in [-0.2, 0) is 0 Å². The number of nitrogens with one attached hydrogen (secondary N) is 1. The normalized spacial score (nSPS) is 10.7. The van der Waals surface area contributed by atoms with Gasteiger partial charge in [0, 0.05) is 22.7 Å². The Balaban J connectivity index is 2.09. The maximum Gasteiger partial charge on any atom is 0.213 e. The molecule has 2 aromatic heterocycles. The van der Waals surface area contributed by atoms with Crippen LogP contribution < -0.4 is 5.73 Å². The molecule has 88 valence electrons. The molecule has 0 bridgehead atoms. The standard InChI is InChI=1S/C14H11N3O/c15-9-5-6-13(16-7-9)14(18)11-8-17-12-4-2-1-3-10(11)12/h1-8,17H,15H2. The zero-order chi connectivity index (χ0) is 12.5. The number of rotatable bonds is 2. The summed E-state index contributed by atoms with van der Waals surface area (Å²) in [6.07, 6.45) is 3.20. The summed E-state index contributed by atoms with van der Waals surface area (Å²) >= 11 is 0. The third-order valence-electron chi connectivity index (χ3n) is 2.85. The topological polar surface area (TPSA) is 71.8 Å². The van der Waals surface area contributed by atoms with E-state index in [-0.39, 0.29) is 5.78 Å². The Morgan fingerprint density at radius 2 is 2.00 bits per heavy atom. The minimum Gasteiger partial charge on any atom is -0.397 e. The lowest BCUT2D eigenvalue weighted by Crippen LogP contribution is -2.03. The van der Waals surface area contributed by atoms with Gasteiger partial charge in [-0.3, -0.25) is 9.78 Å². The van der Waals surface area contributed by atoms with Crippen molar-refractivity contribution < 1.29 is 4.79 Å². The van der Waals surface area contributed by atoms with Crippen LogP contribution in [0.4, 0.5) is 5.69 Å². The third-order valence-corrected chi connectivity index (χ3v) is 2.85. The SMILES string of the molecule is Nc1ccc(C(=O)c2c[nH]c3ccccc23)nc1. The Labute approximate surface area is 103 Å². The van der Waals surface area contributed by atoms with Crippen LogP contribution in [0.5, 0.6) is 0 Å². The van der Waals surface area contributed by atoms with Crippen molar-refractivity contribution in [3.63, 3.8) is 0 Å². The number of pyridine rings is 1. The van der Waals surface area contributed by atoms with Gasteiger partial charge in [0.15, 0.2) is 0 Å². The maximum atomic E-state index is 12.3. The molecule has 0 aliphatic carbocycles. The molecule has 0 unspecified atom stereocenters. The number of fused-ring (bicyclic) bond motifs is 1. The van der Waals surface area contributed by atoms with Crippen LogP contribution in [0.3, 0.4) is 0 Å². The second kappa shape index (κ2) is 4.00. The van der Waals surface area contributed by atoms with Crippen molar-refractivity contribution in [2.75, 3.05) is 5.73 Å². The van der Waals surface area contributed by atoms with Crippen LogP contribution in [0.2, 0.25) is 0 Å². The Morgan fingerprint density at radius 3 is 2.78 bits per heavy atom. The van der Waals surface area contributed by atoms with Gasteiger partial charge >= 0.3 is 0 Å². The first-order valence-corrected chi connectivity index (χ1v) is 5.58. The van der Waals surface area contributed by atoms with Crippen molar-refractivity contribution in [2.24, 2.45) is 0 Å². The minimum absolute atomic E-state index is 0.104. The molecule has 0 saturated heterocycles. The van der Waals surface area contributed by atoms with E-state index in [1.807, 2.05) is 24.3 Å². The number of H-pyrrole nitrogens is 1. The van der Waals surface area contributed by atoms with E-state index in [2.05, 4.69) is 9.97 Å². The number of aromatic amines is 1. The number of benzene rings is 1. The van der Waals surface area contributed by atoms with Gasteiger partial charge in [-0.05, 0) is 18.2 Å². The number of ketones is 1. The highest BCUT2D eigenvalue weighted by atomic mass is 16.1. The summed E-state index contributed by atoms with van der Waals surface area (Å²) < 4.78 is 0. The van der Waals surface area contributed by atoms with Crippen LogP contribution in [0.25, 0.3) is 10.9 Å². The van der Waals surface area contributed by atoms with E-state index >= 15 is 0 Å². The molecule has 3 N–H and O–H groups in total. The van der Waals surface area contributed by atoms with Gasteiger partial charge in [0.1, 0.15) is 5.69 Å². The van der Waals surface area contributed by atoms with Gasteiger partial charge in [0.2, 0.25) is 5.78 Å². The number of nitrogens with two attached hydrogens (primary N) is 1. The van der Waals surface area contributed by atoms with Gasteiger partial charge in [0.05, 0.1) is 11.9 Å². The zero-order valence-corrected chi connectivity index (χ0v) is 9.55. The summed E-state index contributed by atoms with van der Waals surface area (Å²) in [5.74, 6) is -0.104. The monoisotopic (exact) mass is 237 g/mol. The molecular weight excluding hydrogens is 226 g/mol. The van der Waals surface area contributed by atoms with Crippen molar-refractivity contribution in [3.05, 3.63) is 60.0 Å². The molecule has 3 aromatic rings. The third kappa shape index (κ3) is 1.64. The molecule has 2 heterocycles. The molecular formula is C14H11N3O. The van der Waals surface area contributed by atoms with Gasteiger partial charge in [0.25, 0.3) is 0 Å². The highest BCUT2D eigenvalue weighted by Gasteiger charge is 2.14. The van der Waals surface area contributed by atoms with Crippen LogP contribution in [0.1, 0.15) is 16.1 Å². The summed E-state index contributed by atoms with van der Waals surface area (Å²) in [4.78, 5) is 19.4.